The van der Waals surface area contributed by atoms with E-state index in [0.717, 1.165) is 0 Å². The number of carbonyl (C=O) groups excluding carboxylic acids is 1. The molecule has 0 aliphatic rings. The summed E-state index contributed by atoms with van der Waals surface area (Å²) in [5.41, 5.74) is 5.68. The second-order valence-electron chi connectivity index (χ2n) is 2.70. The summed E-state index contributed by atoms with van der Waals surface area (Å²) in [6.07, 6.45) is 5.37. The number of primary amides is 1. The number of carbonyl (C=O) groups is 1. The Kier molecular flexibility index (Phi) is 1.70. The number of aromatic nitrogens is 3. The zero-order valence-electron chi connectivity index (χ0n) is 6.84. The molecule has 0 aliphatic carbocycles. The predicted molar refractivity (Wildman–Crippen MR) is 45.9 cm³/mol. The number of nitrogens with two attached hydrogens (primary N) is 1. The monoisotopic (exact) mass is 176 g/mol. The molecule has 2 N–H and O–H groups in total. The summed E-state index contributed by atoms with van der Waals surface area (Å²) in [7, 11) is 0. The number of hydrogen-bond donors (Lipinski definition) is 1. The van der Waals surface area contributed by atoms with E-state index in [1.165, 1.54) is 0 Å². The third-order valence-corrected chi connectivity index (χ3v) is 1.64. The molecular formula is C8H8N4O. The van der Waals surface area contributed by atoms with E-state index in [-0.39, 0.29) is 12.3 Å². The van der Waals surface area contributed by atoms with Gasteiger partial charge >= 0.3 is 0 Å². The SMILES string of the molecule is NC(=O)Cc1cn2cccnc2n1. The highest BCUT2D eigenvalue weighted by Gasteiger charge is 2.03. The molecule has 0 unspecified atom stereocenters. The molecule has 13 heavy (non-hydrogen) atoms. The van der Waals surface area contributed by atoms with Gasteiger partial charge in [-0.1, -0.05) is 0 Å². The molecule has 0 radical (unpaired) electrons. The van der Waals surface area contributed by atoms with Gasteiger partial charge in [-0.25, -0.2) is 9.97 Å². The lowest BCUT2D eigenvalue weighted by Crippen LogP contribution is -2.13. The van der Waals surface area contributed by atoms with E-state index in [1.807, 2.05) is 6.20 Å². The fourth-order valence-corrected chi connectivity index (χ4v) is 1.14. The summed E-state index contributed by atoms with van der Waals surface area (Å²) in [6.45, 7) is 0. The number of rotatable bonds is 2. The van der Waals surface area contributed by atoms with Crippen molar-refractivity contribution in [3.8, 4) is 0 Å². The number of hydrogen-bond acceptors (Lipinski definition) is 3. The largest absolute Gasteiger partial charge is 0.369 e. The first kappa shape index (κ1) is 7.72. The van der Waals surface area contributed by atoms with Crippen LogP contribution < -0.4 is 5.73 Å². The molecule has 0 aromatic carbocycles. The summed E-state index contributed by atoms with van der Waals surface area (Å²) in [5.74, 6) is 0.196. The molecule has 0 aliphatic heterocycles. The van der Waals surface area contributed by atoms with Crippen molar-refractivity contribution in [2.24, 2.45) is 5.73 Å². The van der Waals surface area contributed by atoms with Crippen LogP contribution in [0.2, 0.25) is 0 Å². The Labute approximate surface area is 74.2 Å². The first-order chi connectivity index (χ1) is 6.25. The third-order valence-electron chi connectivity index (χ3n) is 1.64. The highest BCUT2D eigenvalue weighted by atomic mass is 16.1. The van der Waals surface area contributed by atoms with Gasteiger partial charge in [-0.15, -0.1) is 0 Å². The molecule has 1 amide bonds. The molecular weight excluding hydrogens is 168 g/mol. The standard InChI is InChI=1S/C8H8N4O/c9-7(13)4-6-5-12-3-1-2-10-8(12)11-6/h1-3,5H,4H2,(H2,9,13). The number of nitrogens with zero attached hydrogens (tertiary/aromatic N) is 3. The minimum atomic E-state index is -0.386. The first-order valence-electron chi connectivity index (χ1n) is 3.82. The van der Waals surface area contributed by atoms with E-state index in [1.54, 1.807) is 22.9 Å². The van der Waals surface area contributed by atoms with Crippen molar-refractivity contribution in [2.45, 2.75) is 6.42 Å². The Morgan fingerprint density at radius 1 is 1.62 bits per heavy atom. The smallest absolute Gasteiger partial charge is 0.233 e. The second kappa shape index (κ2) is 2.85. The molecule has 2 heterocycles. The molecule has 2 aromatic heterocycles. The summed E-state index contributed by atoms with van der Waals surface area (Å²) in [4.78, 5) is 18.7. The van der Waals surface area contributed by atoms with Crippen LogP contribution in [0.25, 0.3) is 5.78 Å². The Balaban J connectivity index is 2.44. The lowest BCUT2D eigenvalue weighted by molar-refractivity contribution is -0.117. The van der Waals surface area contributed by atoms with Crippen molar-refractivity contribution in [3.63, 3.8) is 0 Å². The van der Waals surface area contributed by atoms with Crippen molar-refractivity contribution in [2.75, 3.05) is 0 Å². The fourth-order valence-electron chi connectivity index (χ4n) is 1.14. The molecule has 0 atom stereocenters. The topological polar surface area (TPSA) is 73.3 Å². The number of fused-ring (bicyclic) bond motifs is 1. The Morgan fingerprint density at radius 2 is 2.46 bits per heavy atom. The highest BCUT2D eigenvalue weighted by molar-refractivity contribution is 5.76. The van der Waals surface area contributed by atoms with Crippen LogP contribution in [0.15, 0.2) is 24.7 Å². The summed E-state index contributed by atoms with van der Waals surface area (Å²) in [5, 5.41) is 0. The normalized spacial score (nSPS) is 10.5. The van der Waals surface area contributed by atoms with Gasteiger partial charge in [0, 0.05) is 18.6 Å². The van der Waals surface area contributed by atoms with Crippen LogP contribution in [0, 0.1) is 0 Å². The Hall–Kier alpha value is -1.91. The van der Waals surface area contributed by atoms with Crippen molar-refractivity contribution in [3.05, 3.63) is 30.4 Å². The molecule has 2 aromatic rings. The fraction of sp³-hybridized carbons (Fsp3) is 0.125. The maximum absolute atomic E-state index is 10.6. The van der Waals surface area contributed by atoms with Gasteiger partial charge in [0.2, 0.25) is 11.7 Å². The van der Waals surface area contributed by atoms with Gasteiger partial charge in [0.1, 0.15) is 0 Å². The van der Waals surface area contributed by atoms with Crippen LogP contribution in [0.4, 0.5) is 0 Å². The molecule has 5 heteroatoms. The van der Waals surface area contributed by atoms with E-state index in [4.69, 9.17) is 5.73 Å². The van der Waals surface area contributed by atoms with E-state index in [2.05, 4.69) is 9.97 Å². The zero-order chi connectivity index (χ0) is 9.26. The predicted octanol–water partition coefficient (Wildman–Crippen LogP) is -0.243. The maximum Gasteiger partial charge on any atom is 0.233 e. The van der Waals surface area contributed by atoms with Crippen molar-refractivity contribution >= 4 is 11.7 Å². The average Bonchev–Trinajstić information content (AvgIpc) is 2.44. The quantitative estimate of drug-likeness (QED) is 0.686. The Bertz CT molecular complexity index is 415. The molecule has 0 saturated heterocycles. The van der Waals surface area contributed by atoms with Gasteiger partial charge in [-0.3, -0.25) is 9.20 Å². The van der Waals surface area contributed by atoms with Crippen molar-refractivity contribution < 1.29 is 4.79 Å². The number of imidazole rings is 1. The summed E-state index contributed by atoms with van der Waals surface area (Å²) >= 11 is 0. The van der Waals surface area contributed by atoms with E-state index in [9.17, 15) is 4.79 Å². The zero-order valence-corrected chi connectivity index (χ0v) is 6.84. The molecule has 0 fully saturated rings. The van der Waals surface area contributed by atoms with Crippen LogP contribution >= 0.6 is 0 Å². The van der Waals surface area contributed by atoms with E-state index in [0.29, 0.717) is 11.5 Å². The molecule has 5 nitrogen and oxygen atoms in total. The summed E-state index contributed by atoms with van der Waals surface area (Å²) in [6, 6.07) is 1.79. The van der Waals surface area contributed by atoms with Gasteiger partial charge < -0.3 is 5.73 Å². The van der Waals surface area contributed by atoms with Crippen LogP contribution in [0.5, 0.6) is 0 Å². The van der Waals surface area contributed by atoms with Gasteiger partial charge in [0.15, 0.2) is 0 Å². The van der Waals surface area contributed by atoms with Crippen LogP contribution in [-0.4, -0.2) is 20.3 Å². The van der Waals surface area contributed by atoms with E-state index < -0.39 is 0 Å². The van der Waals surface area contributed by atoms with Crippen molar-refractivity contribution in [1.82, 2.24) is 14.4 Å². The van der Waals surface area contributed by atoms with Crippen LogP contribution in [0.3, 0.4) is 0 Å². The molecule has 66 valence electrons. The third kappa shape index (κ3) is 1.48. The van der Waals surface area contributed by atoms with Gasteiger partial charge in [-0.05, 0) is 6.07 Å². The highest BCUT2D eigenvalue weighted by Crippen LogP contribution is 2.01. The van der Waals surface area contributed by atoms with E-state index >= 15 is 0 Å². The molecule has 0 saturated carbocycles. The minimum Gasteiger partial charge on any atom is -0.369 e. The lowest BCUT2D eigenvalue weighted by Gasteiger charge is -1.86. The van der Waals surface area contributed by atoms with Gasteiger partial charge in [-0.2, -0.15) is 0 Å². The average molecular weight is 176 g/mol. The van der Waals surface area contributed by atoms with Crippen LogP contribution in [0.1, 0.15) is 5.69 Å². The first-order valence-corrected chi connectivity index (χ1v) is 3.82. The molecule has 0 bridgehead atoms. The lowest BCUT2D eigenvalue weighted by atomic mass is 10.3. The Morgan fingerprint density at radius 3 is 3.15 bits per heavy atom. The molecule has 2 rings (SSSR count). The van der Waals surface area contributed by atoms with Crippen molar-refractivity contribution in [1.29, 1.82) is 0 Å². The van der Waals surface area contributed by atoms with Gasteiger partial charge in [0.25, 0.3) is 0 Å². The second-order valence-corrected chi connectivity index (χ2v) is 2.70. The number of amides is 1. The van der Waals surface area contributed by atoms with Crippen LogP contribution in [-0.2, 0) is 11.2 Å². The van der Waals surface area contributed by atoms with Gasteiger partial charge in [0.05, 0.1) is 12.1 Å². The maximum atomic E-state index is 10.6. The molecule has 0 spiro atoms. The minimum absolute atomic E-state index is 0.156. The summed E-state index contributed by atoms with van der Waals surface area (Å²) < 4.78 is 1.75.